The van der Waals surface area contributed by atoms with Gasteiger partial charge in [0.1, 0.15) is 183 Å². The summed E-state index contributed by atoms with van der Waals surface area (Å²) >= 11 is 0. The van der Waals surface area contributed by atoms with E-state index in [1.807, 2.05) is 0 Å². The average Bonchev–Trinajstić information content (AvgIpc) is 0.774. The Morgan fingerprint density at radius 3 is 1.38 bits per heavy atom. The van der Waals surface area contributed by atoms with Gasteiger partial charge in [-0.25, -0.2) is 4.79 Å². The van der Waals surface area contributed by atoms with Gasteiger partial charge in [0.05, 0.1) is 64.5 Å². The summed E-state index contributed by atoms with van der Waals surface area (Å²) in [6, 6.07) is -5.70. The van der Waals surface area contributed by atoms with Crippen molar-refractivity contribution in [2.45, 2.75) is 285 Å². The molecular formula is C57H95N3O43. The summed E-state index contributed by atoms with van der Waals surface area (Å²) in [6.07, 6.45) is -79.2. The van der Waals surface area contributed by atoms with Crippen LogP contribution in [0.25, 0.3) is 0 Å². The molecule has 596 valence electrons. The minimum absolute atomic E-state index is 0.874. The van der Waals surface area contributed by atoms with Crippen molar-refractivity contribution in [1.82, 2.24) is 16.0 Å². The Balaban J connectivity index is 1.13. The number of hydrogen-bond acceptors (Lipinski definition) is 42. The zero-order chi connectivity index (χ0) is 76.3. The molecule has 0 aromatic heterocycles. The van der Waals surface area contributed by atoms with Gasteiger partial charge in [-0.2, -0.15) is 0 Å². The number of amides is 3. The number of carbonyl (C=O) groups excluding carboxylic acids is 3. The first-order valence-electron chi connectivity index (χ1n) is 32.6. The molecule has 8 saturated heterocycles. The highest BCUT2D eigenvalue weighted by atomic mass is 16.8. The van der Waals surface area contributed by atoms with Crippen LogP contribution < -0.4 is 16.0 Å². The highest BCUT2D eigenvalue weighted by molar-refractivity contribution is 5.77. The normalized spacial score (nSPS) is 48.3. The molecule has 3 amide bonds. The molecule has 0 spiro atoms. The molecule has 0 aromatic rings. The van der Waals surface area contributed by atoms with Crippen molar-refractivity contribution in [3.05, 3.63) is 0 Å². The lowest BCUT2D eigenvalue weighted by Crippen LogP contribution is -2.71. The van der Waals surface area contributed by atoms with Gasteiger partial charge >= 0.3 is 5.97 Å². The van der Waals surface area contributed by atoms with E-state index in [9.17, 15) is 142 Å². The zero-order valence-corrected chi connectivity index (χ0v) is 55.2. The van der Waals surface area contributed by atoms with Crippen LogP contribution in [-0.4, -0.2) is 444 Å². The molecule has 41 atom stereocenters. The number of aliphatic hydroxyl groups is 23. The molecule has 8 aliphatic heterocycles. The third kappa shape index (κ3) is 18.5. The van der Waals surface area contributed by atoms with Gasteiger partial charge in [0.25, 0.3) is 5.79 Å². The van der Waals surface area contributed by atoms with Crippen molar-refractivity contribution in [3.63, 3.8) is 0 Å². The molecule has 1 unspecified atom stereocenters. The van der Waals surface area contributed by atoms with Crippen LogP contribution in [0.4, 0.5) is 0 Å². The van der Waals surface area contributed by atoms with Crippen LogP contribution in [0.1, 0.15) is 34.1 Å². The molecule has 0 radical (unpaired) electrons. The van der Waals surface area contributed by atoms with Crippen LogP contribution >= 0.6 is 0 Å². The smallest absolute Gasteiger partial charge is 0.364 e. The fourth-order valence-electron chi connectivity index (χ4n) is 13.2. The van der Waals surface area contributed by atoms with Crippen LogP contribution in [0.2, 0.25) is 0 Å². The highest BCUT2D eigenvalue weighted by Crippen LogP contribution is 2.41. The summed E-state index contributed by atoms with van der Waals surface area (Å²) < 4.78 is 88.3. The molecule has 8 heterocycles. The van der Waals surface area contributed by atoms with E-state index in [1.54, 1.807) is 0 Å². The van der Waals surface area contributed by atoms with Gasteiger partial charge in [0.2, 0.25) is 17.7 Å². The molecule has 103 heavy (non-hydrogen) atoms. The SMILES string of the molecule is CC(=O)N[C@H]1[C@H](OC[C@H]2O[C@@H](O[C@H]3[C@H](O)[C@@H](O)C(O)O[C@@H]3CO)[C@H](O)[C@@H](O[C@@H]3O[C@H](CO)[C@@H](O)[C@H](O[C@@H]4O[C@H](CO)[C@H](O)[C@H](O[C@]5(C(=O)O)C[C@H](O)[C@@H](NC(C)=O)[C@H]([C@H](O)[C@H](O)CO)O5)[C@H]4O)[C@H]3NC(C)=O)[C@H]2O)O[C@H](CO)[C@@H](O[C@@H]2O[C@H](CO)[C@H](O)[C@H](O)[C@H]2O)[C@@H]1O[C@@H]1O[C@@H](C)[C@@H](O)[C@@H](O)[C@@H]1O. The first-order chi connectivity index (χ1) is 48.5. The van der Waals surface area contributed by atoms with Crippen LogP contribution in [-0.2, 0) is 90.2 Å². The molecule has 0 bridgehead atoms. The number of ether oxygens (including phenoxy) is 15. The Bertz CT molecular complexity index is 2720. The first kappa shape index (κ1) is 85.0. The summed E-state index contributed by atoms with van der Waals surface area (Å²) in [5, 5.41) is 270. The minimum Gasteiger partial charge on any atom is -0.477 e. The van der Waals surface area contributed by atoms with Crippen molar-refractivity contribution in [1.29, 1.82) is 0 Å². The molecule has 8 rings (SSSR count). The largest absolute Gasteiger partial charge is 0.477 e. The molecule has 0 aliphatic carbocycles. The van der Waals surface area contributed by atoms with Gasteiger partial charge in [0, 0.05) is 27.2 Å². The highest BCUT2D eigenvalue weighted by Gasteiger charge is 2.63. The lowest BCUT2D eigenvalue weighted by atomic mass is 9.88. The monoisotopic (exact) mass is 1510 g/mol. The second-order valence-electron chi connectivity index (χ2n) is 26.0. The zero-order valence-electron chi connectivity index (χ0n) is 55.2. The van der Waals surface area contributed by atoms with Gasteiger partial charge in [-0.05, 0) is 6.92 Å². The summed E-state index contributed by atoms with van der Waals surface area (Å²) in [4.78, 5) is 52.0. The van der Waals surface area contributed by atoms with Gasteiger partial charge in [-0.15, -0.1) is 0 Å². The van der Waals surface area contributed by atoms with Crippen LogP contribution in [0, 0.1) is 0 Å². The number of carboxylic acid groups (broad SMARTS) is 1. The average molecular weight is 1510 g/mol. The van der Waals surface area contributed by atoms with E-state index in [-0.39, 0.29) is 0 Å². The Hall–Kier alpha value is -3.64. The maximum absolute atomic E-state index is 13.3. The molecule has 46 heteroatoms. The molecule has 27 N–H and O–H groups in total. The molecule has 46 nitrogen and oxygen atoms in total. The Morgan fingerprint density at radius 2 is 0.835 bits per heavy atom. The Labute approximate surface area is 582 Å². The van der Waals surface area contributed by atoms with Gasteiger partial charge in [-0.1, -0.05) is 0 Å². The maximum atomic E-state index is 13.3. The number of rotatable bonds is 27. The van der Waals surface area contributed by atoms with Crippen molar-refractivity contribution < 1.29 is 213 Å². The summed E-state index contributed by atoms with van der Waals surface area (Å²) in [7, 11) is 0. The van der Waals surface area contributed by atoms with Crippen LogP contribution in [0.15, 0.2) is 0 Å². The van der Waals surface area contributed by atoms with Gasteiger partial charge in [-0.3, -0.25) is 14.4 Å². The van der Waals surface area contributed by atoms with Crippen molar-refractivity contribution >= 4 is 23.7 Å². The maximum Gasteiger partial charge on any atom is 0.364 e. The fourth-order valence-corrected chi connectivity index (χ4v) is 13.2. The second-order valence-corrected chi connectivity index (χ2v) is 26.0. The van der Waals surface area contributed by atoms with E-state index in [0.717, 1.165) is 20.8 Å². The predicted octanol–water partition coefficient (Wildman–Crippen LogP) is -17.8. The van der Waals surface area contributed by atoms with Crippen molar-refractivity contribution in [2.24, 2.45) is 0 Å². The number of carboxylic acids is 1. The van der Waals surface area contributed by atoms with Gasteiger partial charge < -0.3 is 210 Å². The Kier molecular flexibility index (Phi) is 29.9. The van der Waals surface area contributed by atoms with E-state index in [2.05, 4.69) is 16.0 Å². The van der Waals surface area contributed by atoms with E-state index in [4.69, 9.17) is 71.1 Å². The number of carbonyl (C=O) groups is 4. The number of nitrogens with one attached hydrogen (secondary N) is 3. The quantitative estimate of drug-likeness (QED) is 0.0363. The molecule has 8 aliphatic rings. The number of hydrogen-bond donors (Lipinski definition) is 27. The van der Waals surface area contributed by atoms with E-state index < -0.39 is 327 Å². The predicted molar refractivity (Wildman–Crippen MR) is 315 cm³/mol. The van der Waals surface area contributed by atoms with E-state index >= 15 is 0 Å². The third-order valence-electron chi connectivity index (χ3n) is 18.8. The first-order valence-corrected chi connectivity index (χ1v) is 32.6. The molecule has 0 saturated carbocycles. The molecule has 8 fully saturated rings. The summed E-state index contributed by atoms with van der Waals surface area (Å²) in [5.74, 6) is -8.32. The second kappa shape index (κ2) is 36.3. The number of aliphatic carboxylic acids is 1. The van der Waals surface area contributed by atoms with E-state index in [0.29, 0.717) is 0 Å². The van der Waals surface area contributed by atoms with Crippen molar-refractivity contribution in [3.8, 4) is 0 Å². The summed E-state index contributed by atoms with van der Waals surface area (Å²) in [5.41, 5.74) is 0. The molecule has 0 aromatic carbocycles. The number of aliphatic hydroxyl groups excluding tert-OH is 23. The summed E-state index contributed by atoms with van der Waals surface area (Å²) in [6.45, 7) is -3.92. The third-order valence-corrected chi connectivity index (χ3v) is 18.8. The van der Waals surface area contributed by atoms with Crippen LogP contribution in [0.3, 0.4) is 0 Å². The molecular weight excluding hydrogens is 1410 g/mol. The van der Waals surface area contributed by atoms with Crippen LogP contribution in [0.5, 0.6) is 0 Å². The van der Waals surface area contributed by atoms with Gasteiger partial charge in [0.15, 0.2) is 44.0 Å². The topological polar surface area (TPSA) is 728 Å². The lowest BCUT2D eigenvalue weighted by Gasteiger charge is -2.51. The van der Waals surface area contributed by atoms with Crippen molar-refractivity contribution in [2.75, 3.05) is 46.2 Å². The lowest BCUT2D eigenvalue weighted by molar-refractivity contribution is -0.391. The Morgan fingerprint density at radius 1 is 0.417 bits per heavy atom. The van der Waals surface area contributed by atoms with E-state index in [1.165, 1.54) is 6.92 Å². The minimum atomic E-state index is -3.31. The standard InChI is InChI=1S/C57H95N3O43/c1-13-28(72)34(78)38(82)52(90-13)100-46-27(60-16(4)69)50(95-23(11-66)43(46)98-53-39(83)35(79)30(74)19(7-62)93-53)89-12-24-33(77)47(40(84)54(96-24)97-42-22(10-65)91-49(86)37(81)36(42)80)101-51-26(59-15(3)68)44(31(75)20(8-63)92-51)99-55-41(85)48(32(76)21(9-64)94-55)103-57(56(87)88)5-17(70)25(58-14(2)67)45(102-57)29(73)18(71)6-61/h13,17-55,61-66,70-86H,5-12H2,1-4H3,(H,58,67)(H,59,68)(H,60,69)(H,87,88)/t13-,17-,18+,19+,20+,21+,22+,23+,24+,25+,26+,27+,28+,29+,30-,31+,32-,33-,34+,35-,36+,37+,38-,39+,40+,41+,42+,43+,44+,45+,46+,47-,48-,49?,50+,51-,52-,53-,54-,55-,57-/m0/s1. The fraction of sp³-hybridized carbons (Fsp3) is 0.930.